The number of rotatable bonds is 4. The maximum Gasteiger partial charge on any atom is 0.265 e. The lowest BCUT2D eigenvalue weighted by molar-refractivity contribution is 0.601. The summed E-state index contributed by atoms with van der Waals surface area (Å²) in [4.78, 5) is 5.21. The summed E-state index contributed by atoms with van der Waals surface area (Å²) in [5.41, 5.74) is 3.51. The number of hydrogen-bond acceptors (Lipinski definition) is 6. The van der Waals surface area contributed by atoms with Crippen LogP contribution in [0.15, 0.2) is 29.2 Å². The van der Waals surface area contributed by atoms with E-state index in [1.54, 1.807) is 18.2 Å². The lowest BCUT2D eigenvalue weighted by Gasteiger charge is -2.09. The molecule has 0 atom stereocenters. The Morgan fingerprint density at radius 3 is 2.53 bits per heavy atom. The molecule has 2 aromatic rings. The largest absolute Gasteiger partial charge is 0.323 e. The van der Waals surface area contributed by atoms with Gasteiger partial charge < -0.3 is 5.43 Å². The fourth-order valence-electron chi connectivity index (χ4n) is 1.51. The highest BCUT2D eigenvalue weighted by atomic mass is 32.2. The van der Waals surface area contributed by atoms with Gasteiger partial charge in [0.05, 0.1) is 11.4 Å². The average molecular weight is 298 g/mol. The average Bonchev–Trinajstić information content (AvgIpc) is 2.67. The van der Waals surface area contributed by atoms with Crippen molar-refractivity contribution in [1.29, 1.82) is 0 Å². The van der Waals surface area contributed by atoms with Gasteiger partial charge in [-0.1, -0.05) is 12.1 Å². The second kappa shape index (κ2) is 5.16. The topological polar surface area (TPSA) is 97.1 Å². The monoisotopic (exact) mass is 298 g/mol. The normalized spacial score (nSPS) is 11.3. The number of para-hydroxylation sites is 1. The number of thiazole rings is 1. The molecule has 0 aliphatic heterocycles. The summed E-state index contributed by atoms with van der Waals surface area (Å²) in [6.45, 7) is 3.72. The van der Waals surface area contributed by atoms with Crippen molar-refractivity contribution in [3.8, 4) is 0 Å². The Labute approximate surface area is 115 Å². The number of nitrogens with zero attached hydrogens (tertiary/aromatic N) is 1. The minimum absolute atomic E-state index is 0.0861. The SMILES string of the molecule is Cc1nc(NS(=O)(=O)c2ccccc2NN)sc1C. The lowest BCUT2D eigenvalue weighted by atomic mass is 10.3. The molecule has 0 amide bonds. The number of benzene rings is 1. The smallest absolute Gasteiger partial charge is 0.265 e. The number of aromatic nitrogens is 1. The van der Waals surface area contributed by atoms with Crippen LogP contribution in [0.3, 0.4) is 0 Å². The molecule has 19 heavy (non-hydrogen) atoms. The number of nitrogens with one attached hydrogen (secondary N) is 2. The van der Waals surface area contributed by atoms with E-state index in [1.807, 2.05) is 13.8 Å². The summed E-state index contributed by atoms with van der Waals surface area (Å²) >= 11 is 1.30. The molecule has 0 radical (unpaired) electrons. The Bertz CT molecular complexity index is 675. The van der Waals surface area contributed by atoms with Crippen LogP contribution in [0.2, 0.25) is 0 Å². The second-order valence-corrected chi connectivity index (χ2v) is 6.76. The summed E-state index contributed by atoms with van der Waals surface area (Å²) in [6.07, 6.45) is 0. The van der Waals surface area contributed by atoms with E-state index in [9.17, 15) is 8.42 Å². The second-order valence-electron chi connectivity index (χ2n) is 3.91. The number of nitrogens with two attached hydrogens (primary N) is 1. The molecule has 0 spiro atoms. The van der Waals surface area contributed by atoms with Crippen molar-refractivity contribution in [3.63, 3.8) is 0 Å². The molecule has 1 aromatic carbocycles. The quantitative estimate of drug-likeness (QED) is 0.591. The number of hydrogen-bond donors (Lipinski definition) is 3. The molecule has 0 saturated carbocycles. The molecule has 6 nitrogen and oxygen atoms in total. The van der Waals surface area contributed by atoms with Crippen molar-refractivity contribution in [2.24, 2.45) is 5.84 Å². The van der Waals surface area contributed by atoms with E-state index < -0.39 is 10.0 Å². The molecule has 102 valence electrons. The highest BCUT2D eigenvalue weighted by molar-refractivity contribution is 7.93. The first-order valence-electron chi connectivity index (χ1n) is 5.46. The van der Waals surface area contributed by atoms with E-state index in [4.69, 9.17) is 5.84 Å². The van der Waals surface area contributed by atoms with Crippen LogP contribution in [-0.4, -0.2) is 13.4 Å². The Hall–Kier alpha value is -1.64. The van der Waals surface area contributed by atoms with Crippen LogP contribution in [0.5, 0.6) is 0 Å². The zero-order chi connectivity index (χ0) is 14.0. The number of sulfonamides is 1. The summed E-state index contributed by atoms with van der Waals surface area (Å²) < 4.78 is 27.0. The molecule has 2 rings (SSSR count). The summed E-state index contributed by atoms with van der Waals surface area (Å²) in [5.74, 6) is 5.31. The first-order chi connectivity index (χ1) is 8.94. The highest BCUT2D eigenvalue weighted by Gasteiger charge is 2.19. The van der Waals surface area contributed by atoms with Gasteiger partial charge in [-0.3, -0.25) is 10.6 Å². The van der Waals surface area contributed by atoms with Crippen LogP contribution in [-0.2, 0) is 10.0 Å². The Morgan fingerprint density at radius 1 is 1.26 bits per heavy atom. The standard InChI is InChI=1S/C11H14N4O2S2/c1-7-8(2)18-11(13-7)15-19(16,17)10-6-4-3-5-9(10)14-12/h3-6,14H,12H2,1-2H3,(H,13,15). The number of nitrogen functional groups attached to an aromatic ring is 1. The first kappa shape index (κ1) is 13.8. The van der Waals surface area contributed by atoms with Gasteiger partial charge in [-0.25, -0.2) is 13.4 Å². The number of anilines is 2. The van der Waals surface area contributed by atoms with Crippen molar-refractivity contribution >= 4 is 32.2 Å². The van der Waals surface area contributed by atoms with Gasteiger partial charge in [0.15, 0.2) is 5.13 Å². The molecular formula is C11H14N4O2S2. The predicted molar refractivity (Wildman–Crippen MR) is 76.6 cm³/mol. The van der Waals surface area contributed by atoms with E-state index in [2.05, 4.69) is 15.1 Å². The van der Waals surface area contributed by atoms with Gasteiger partial charge >= 0.3 is 0 Å². The van der Waals surface area contributed by atoms with Crippen molar-refractivity contribution < 1.29 is 8.42 Å². The molecule has 8 heteroatoms. The maximum atomic E-state index is 12.3. The minimum Gasteiger partial charge on any atom is -0.323 e. The Kier molecular flexibility index (Phi) is 3.74. The van der Waals surface area contributed by atoms with E-state index >= 15 is 0 Å². The first-order valence-corrected chi connectivity index (χ1v) is 7.76. The summed E-state index contributed by atoms with van der Waals surface area (Å²) in [5, 5.41) is 0.349. The molecule has 0 fully saturated rings. The van der Waals surface area contributed by atoms with Gasteiger partial charge in [0.2, 0.25) is 0 Å². The molecular weight excluding hydrogens is 284 g/mol. The van der Waals surface area contributed by atoms with Gasteiger partial charge in [0, 0.05) is 4.88 Å². The zero-order valence-electron chi connectivity index (χ0n) is 10.5. The molecule has 0 aliphatic rings. The van der Waals surface area contributed by atoms with Crippen LogP contribution in [0.25, 0.3) is 0 Å². The molecule has 4 N–H and O–H groups in total. The molecule has 0 saturated heterocycles. The molecule has 0 unspecified atom stereocenters. The fourth-order valence-corrected chi connectivity index (χ4v) is 3.73. The van der Waals surface area contributed by atoms with Gasteiger partial charge in [0.25, 0.3) is 10.0 Å². The molecule has 0 aliphatic carbocycles. The Balaban J connectivity index is 2.37. The van der Waals surface area contributed by atoms with Crippen molar-refractivity contribution in [2.75, 3.05) is 10.1 Å². The fraction of sp³-hybridized carbons (Fsp3) is 0.182. The Morgan fingerprint density at radius 2 is 1.95 bits per heavy atom. The third-order valence-corrected chi connectivity index (χ3v) is 5.10. The lowest BCUT2D eigenvalue weighted by Crippen LogP contribution is -2.17. The van der Waals surface area contributed by atoms with E-state index in [0.29, 0.717) is 10.8 Å². The van der Waals surface area contributed by atoms with Gasteiger partial charge in [0.1, 0.15) is 4.90 Å². The summed E-state index contributed by atoms with van der Waals surface area (Å²) in [7, 11) is -3.70. The summed E-state index contributed by atoms with van der Waals surface area (Å²) in [6, 6.07) is 6.40. The van der Waals surface area contributed by atoms with Crippen molar-refractivity contribution in [2.45, 2.75) is 18.7 Å². The zero-order valence-corrected chi connectivity index (χ0v) is 12.1. The third-order valence-electron chi connectivity index (χ3n) is 2.58. The van der Waals surface area contributed by atoms with Gasteiger partial charge in [-0.15, -0.1) is 11.3 Å². The third kappa shape index (κ3) is 2.86. The number of hydrazine groups is 1. The maximum absolute atomic E-state index is 12.3. The van der Waals surface area contributed by atoms with Crippen molar-refractivity contribution in [1.82, 2.24) is 4.98 Å². The molecule has 1 heterocycles. The van der Waals surface area contributed by atoms with Gasteiger partial charge in [-0.2, -0.15) is 0 Å². The van der Waals surface area contributed by atoms with E-state index in [-0.39, 0.29) is 4.90 Å². The molecule has 1 aromatic heterocycles. The van der Waals surface area contributed by atoms with Gasteiger partial charge in [-0.05, 0) is 26.0 Å². The van der Waals surface area contributed by atoms with Crippen molar-refractivity contribution in [3.05, 3.63) is 34.8 Å². The van der Waals surface area contributed by atoms with E-state index in [1.165, 1.54) is 17.4 Å². The van der Waals surface area contributed by atoms with Crippen LogP contribution in [0.1, 0.15) is 10.6 Å². The minimum atomic E-state index is -3.70. The van der Waals surface area contributed by atoms with Crippen LogP contribution in [0.4, 0.5) is 10.8 Å². The van der Waals surface area contributed by atoms with Crippen LogP contribution >= 0.6 is 11.3 Å². The van der Waals surface area contributed by atoms with Crippen LogP contribution < -0.4 is 16.0 Å². The number of aryl methyl sites for hydroxylation is 2. The molecule has 0 bridgehead atoms. The van der Waals surface area contributed by atoms with E-state index in [0.717, 1.165) is 10.6 Å². The highest BCUT2D eigenvalue weighted by Crippen LogP contribution is 2.26. The van der Waals surface area contributed by atoms with Crippen LogP contribution in [0, 0.1) is 13.8 Å². The predicted octanol–water partition coefficient (Wildman–Crippen LogP) is 1.85.